The standard InChI is InChI=1S/C20H29Cl2N3O4S/c1-14(23-30(27)28)12-20(26)25-8-4-15(5-9-25)24-10-6-16(7-11-24)29-17-2-3-18(21)19(22)13-17/h2-3,13-16,23H,4-12H2,1H3,(H,27,28). The maximum Gasteiger partial charge on any atom is 0.231 e. The van der Waals surface area contributed by atoms with Crippen LogP contribution in [0.15, 0.2) is 18.2 Å². The highest BCUT2D eigenvalue weighted by Gasteiger charge is 2.30. The first-order valence-corrected chi connectivity index (χ1v) is 12.2. The molecular formula is C20H29Cl2N3O4S. The normalized spacial score (nSPS) is 21.4. The van der Waals surface area contributed by atoms with Gasteiger partial charge >= 0.3 is 0 Å². The van der Waals surface area contributed by atoms with Crippen molar-refractivity contribution < 1.29 is 18.3 Å². The van der Waals surface area contributed by atoms with Crippen LogP contribution in [0, 0.1) is 0 Å². The number of nitrogens with zero attached hydrogens (tertiary/aromatic N) is 2. The predicted molar refractivity (Wildman–Crippen MR) is 119 cm³/mol. The topological polar surface area (TPSA) is 82.1 Å². The van der Waals surface area contributed by atoms with Crippen LogP contribution in [0.4, 0.5) is 0 Å². The van der Waals surface area contributed by atoms with Gasteiger partial charge in [0.1, 0.15) is 11.9 Å². The SMILES string of the molecule is CC(CC(=O)N1CCC(N2CCC(Oc3ccc(Cl)c(Cl)c3)CC2)CC1)NS(=O)O. The third-order valence-electron chi connectivity index (χ3n) is 5.79. The van der Waals surface area contributed by atoms with E-state index in [0.717, 1.165) is 57.6 Å². The smallest absolute Gasteiger partial charge is 0.231 e. The summed E-state index contributed by atoms with van der Waals surface area (Å²) in [6.45, 7) is 5.17. The van der Waals surface area contributed by atoms with E-state index in [1.807, 2.05) is 11.0 Å². The van der Waals surface area contributed by atoms with Gasteiger partial charge < -0.3 is 9.64 Å². The molecule has 0 radical (unpaired) electrons. The van der Waals surface area contributed by atoms with Gasteiger partial charge in [-0.2, -0.15) is 0 Å². The van der Waals surface area contributed by atoms with Crippen molar-refractivity contribution in [2.75, 3.05) is 26.2 Å². The number of likely N-dealkylation sites (tertiary alicyclic amines) is 2. The Morgan fingerprint density at radius 2 is 1.87 bits per heavy atom. The molecule has 7 nitrogen and oxygen atoms in total. The molecular weight excluding hydrogens is 449 g/mol. The van der Waals surface area contributed by atoms with Crippen molar-refractivity contribution in [3.05, 3.63) is 28.2 Å². The summed E-state index contributed by atoms with van der Waals surface area (Å²) >= 11 is 9.93. The van der Waals surface area contributed by atoms with Gasteiger partial charge in [-0.05, 0) is 44.7 Å². The van der Waals surface area contributed by atoms with Gasteiger partial charge in [0, 0.05) is 50.7 Å². The number of rotatable bonds is 7. The summed E-state index contributed by atoms with van der Waals surface area (Å²) in [6.07, 6.45) is 4.23. The minimum atomic E-state index is -2.09. The first kappa shape index (κ1) is 23.8. The molecule has 2 aliphatic rings. The largest absolute Gasteiger partial charge is 0.490 e. The van der Waals surface area contributed by atoms with Crippen molar-refractivity contribution in [3.63, 3.8) is 0 Å². The second-order valence-corrected chi connectivity index (χ2v) is 9.56. The fourth-order valence-electron chi connectivity index (χ4n) is 4.19. The lowest BCUT2D eigenvalue weighted by molar-refractivity contribution is -0.133. The summed E-state index contributed by atoms with van der Waals surface area (Å²) in [6, 6.07) is 5.53. The molecule has 168 valence electrons. The molecule has 30 heavy (non-hydrogen) atoms. The molecule has 1 amide bonds. The van der Waals surface area contributed by atoms with Crippen molar-refractivity contribution in [1.29, 1.82) is 0 Å². The lowest BCUT2D eigenvalue weighted by atomic mass is 9.98. The third kappa shape index (κ3) is 6.80. The Labute approximate surface area is 190 Å². The van der Waals surface area contributed by atoms with Crippen LogP contribution in [0.3, 0.4) is 0 Å². The number of carbonyl (C=O) groups is 1. The van der Waals surface area contributed by atoms with E-state index in [4.69, 9.17) is 32.5 Å². The molecule has 2 fully saturated rings. The van der Waals surface area contributed by atoms with E-state index in [-0.39, 0.29) is 24.5 Å². The molecule has 0 bridgehead atoms. The molecule has 0 aromatic heterocycles. The van der Waals surface area contributed by atoms with Gasteiger partial charge in [0.2, 0.25) is 17.2 Å². The zero-order valence-electron chi connectivity index (χ0n) is 17.1. The van der Waals surface area contributed by atoms with Crippen molar-refractivity contribution in [1.82, 2.24) is 14.5 Å². The summed E-state index contributed by atoms with van der Waals surface area (Å²) in [5.74, 6) is 0.788. The molecule has 2 heterocycles. The van der Waals surface area contributed by atoms with Crippen LogP contribution in [0.2, 0.25) is 10.0 Å². The maximum atomic E-state index is 12.4. The summed E-state index contributed by atoms with van der Waals surface area (Å²) < 4.78 is 28.2. The first-order chi connectivity index (χ1) is 14.3. The molecule has 3 rings (SSSR count). The van der Waals surface area contributed by atoms with E-state index < -0.39 is 11.3 Å². The van der Waals surface area contributed by atoms with E-state index in [1.54, 1.807) is 19.1 Å². The summed E-state index contributed by atoms with van der Waals surface area (Å²) in [4.78, 5) is 16.8. The molecule has 2 unspecified atom stereocenters. The minimum Gasteiger partial charge on any atom is -0.490 e. The summed E-state index contributed by atoms with van der Waals surface area (Å²) in [5.41, 5.74) is 0. The van der Waals surface area contributed by atoms with E-state index in [0.29, 0.717) is 16.1 Å². The van der Waals surface area contributed by atoms with E-state index in [9.17, 15) is 9.00 Å². The zero-order valence-corrected chi connectivity index (χ0v) is 19.4. The number of carbonyl (C=O) groups excluding carboxylic acids is 1. The van der Waals surface area contributed by atoms with Gasteiger partial charge in [0.05, 0.1) is 10.0 Å². The second-order valence-electron chi connectivity index (χ2n) is 8.01. The van der Waals surface area contributed by atoms with E-state index in [2.05, 4.69) is 9.62 Å². The Kier molecular flexibility index (Phi) is 8.80. The van der Waals surface area contributed by atoms with Crippen molar-refractivity contribution in [3.8, 4) is 5.75 Å². The summed E-state index contributed by atoms with van der Waals surface area (Å²) in [7, 11) is 0. The van der Waals surface area contributed by atoms with Crippen LogP contribution in [-0.2, 0) is 16.1 Å². The van der Waals surface area contributed by atoms with Crippen molar-refractivity contribution >= 4 is 40.4 Å². The molecule has 1 aromatic carbocycles. The number of nitrogens with one attached hydrogen (secondary N) is 1. The molecule has 0 saturated carbocycles. The molecule has 0 spiro atoms. The number of benzene rings is 1. The Balaban J connectivity index is 1.39. The molecule has 2 N–H and O–H groups in total. The van der Waals surface area contributed by atoms with Gasteiger partial charge in [-0.3, -0.25) is 14.2 Å². The Bertz CT molecular complexity index is 754. The van der Waals surface area contributed by atoms with Gasteiger partial charge in [-0.15, -0.1) is 0 Å². The lowest BCUT2D eigenvalue weighted by Crippen LogP contribution is -2.50. The van der Waals surface area contributed by atoms with E-state index in [1.165, 1.54) is 0 Å². The van der Waals surface area contributed by atoms with Gasteiger partial charge in [0.25, 0.3) is 0 Å². The summed E-state index contributed by atoms with van der Waals surface area (Å²) in [5, 5.41) is 1.03. The second kappa shape index (κ2) is 11.1. The minimum absolute atomic E-state index is 0.0348. The van der Waals surface area contributed by atoms with Crippen LogP contribution in [0.25, 0.3) is 0 Å². The Hall–Kier alpha value is -0.900. The lowest BCUT2D eigenvalue weighted by Gasteiger charge is -2.41. The van der Waals surface area contributed by atoms with Crippen LogP contribution in [0.1, 0.15) is 39.0 Å². The number of piperidine rings is 2. The highest BCUT2D eigenvalue weighted by Crippen LogP contribution is 2.29. The molecule has 0 aliphatic carbocycles. The highest BCUT2D eigenvalue weighted by molar-refractivity contribution is 7.77. The quantitative estimate of drug-likeness (QED) is 0.588. The monoisotopic (exact) mass is 477 g/mol. The Morgan fingerprint density at radius 3 is 2.47 bits per heavy atom. The first-order valence-electron chi connectivity index (χ1n) is 10.3. The van der Waals surface area contributed by atoms with Gasteiger partial charge in [-0.25, -0.2) is 8.93 Å². The molecule has 10 heteroatoms. The van der Waals surface area contributed by atoms with Crippen LogP contribution >= 0.6 is 23.2 Å². The van der Waals surface area contributed by atoms with Crippen molar-refractivity contribution in [2.24, 2.45) is 0 Å². The molecule has 1 aromatic rings. The molecule has 2 saturated heterocycles. The maximum absolute atomic E-state index is 12.4. The van der Waals surface area contributed by atoms with E-state index >= 15 is 0 Å². The fourth-order valence-corrected chi connectivity index (χ4v) is 4.90. The number of hydrogen-bond acceptors (Lipinski definition) is 4. The number of amides is 1. The third-order valence-corrected chi connectivity index (χ3v) is 7.13. The fraction of sp³-hybridized carbons (Fsp3) is 0.650. The number of hydrogen-bond donors (Lipinski definition) is 2. The van der Waals surface area contributed by atoms with Crippen LogP contribution < -0.4 is 9.46 Å². The molecule has 2 atom stereocenters. The zero-order chi connectivity index (χ0) is 21.7. The Morgan fingerprint density at radius 1 is 1.20 bits per heavy atom. The highest BCUT2D eigenvalue weighted by atomic mass is 35.5. The average molecular weight is 478 g/mol. The predicted octanol–water partition coefficient (Wildman–Crippen LogP) is 3.33. The van der Waals surface area contributed by atoms with Gasteiger partial charge in [-0.1, -0.05) is 23.2 Å². The van der Waals surface area contributed by atoms with Gasteiger partial charge in [0.15, 0.2) is 0 Å². The van der Waals surface area contributed by atoms with Crippen LogP contribution in [0.5, 0.6) is 5.75 Å². The van der Waals surface area contributed by atoms with Crippen molar-refractivity contribution in [2.45, 2.75) is 57.2 Å². The molecule has 2 aliphatic heterocycles. The van der Waals surface area contributed by atoms with Crippen LogP contribution in [-0.4, -0.2) is 68.8 Å². The number of halogens is 2. The average Bonchev–Trinajstić information content (AvgIpc) is 2.71. The number of ether oxygens (including phenoxy) is 1.